The fourth-order valence-electron chi connectivity index (χ4n) is 1.94. The Morgan fingerprint density at radius 3 is 2.94 bits per heavy atom. The molecule has 1 aliphatic heterocycles. The highest BCUT2D eigenvalue weighted by Gasteiger charge is 2.25. The molecule has 0 aliphatic carbocycles. The summed E-state index contributed by atoms with van der Waals surface area (Å²) in [5, 5.41) is 8.90. The number of nitriles is 1. The number of fused-ring (bicyclic) bond motifs is 1. The summed E-state index contributed by atoms with van der Waals surface area (Å²) in [4.78, 5) is 15.3. The molecule has 1 amide bonds. The Morgan fingerprint density at radius 2 is 2.29 bits per heavy atom. The molecule has 1 heterocycles. The first kappa shape index (κ1) is 11.2. The zero-order valence-corrected chi connectivity index (χ0v) is 9.68. The fraction of sp³-hybridized carbons (Fsp3) is 0.231. The smallest absolute Gasteiger partial charge is 0.246 e. The van der Waals surface area contributed by atoms with Crippen LogP contribution in [0.15, 0.2) is 30.9 Å². The van der Waals surface area contributed by atoms with E-state index in [1.165, 1.54) is 0 Å². The van der Waals surface area contributed by atoms with E-state index in [9.17, 15) is 4.79 Å². The van der Waals surface area contributed by atoms with Gasteiger partial charge in [0.05, 0.1) is 29.6 Å². The Bertz CT molecular complexity index is 516. The van der Waals surface area contributed by atoms with Gasteiger partial charge in [0.2, 0.25) is 5.91 Å². The largest absolute Gasteiger partial charge is 0.357 e. The minimum atomic E-state index is 0.0454. The molecule has 2 rings (SSSR count). The van der Waals surface area contributed by atoms with E-state index in [1.807, 2.05) is 11.0 Å². The molecule has 0 N–H and O–H groups in total. The zero-order chi connectivity index (χ0) is 12.4. The average molecular weight is 227 g/mol. The maximum Gasteiger partial charge on any atom is 0.246 e. The first-order chi connectivity index (χ1) is 8.17. The summed E-state index contributed by atoms with van der Waals surface area (Å²) in [6.07, 6.45) is 1.75. The molecule has 4 nitrogen and oxygen atoms in total. The van der Waals surface area contributed by atoms with Gasteiger partial charge in [-0.1, -0.05) is 6.08 Å². The van der Waals surface area contributed by atoms with Crippen LogP contribution in [0.5, 0.6) is 0 Å². The van der Waals surface area contributed by atoms with Crippen molar-refractivity contribution in [1.82, 2.24) is 0 Å². The van der Waals surface area contributed by atoms with Gasteiger partial charge < -0.3 is 9.80 Å². The summed E-state index contributed by atoms with van der Waals surface area (Å²) < 4.78 is 0. The summed E-state index contributed by atoms with van der Waals surface area (Å²) >= 11 is 0. The molecule has 1 aromatic rings. The van der Waals surface area contributed by atoms with E-state index in [0.717, 1.165) is 11.4 Å². The number of anilines is 2. The molecule has 0 radical (unpaired) electrons. The van der Waals surface area contributed by atoms with Crippen LogP contribution in [0.3, 0.4) is 0 Å². The number of carbonyl (C=O) groups is 1. The summed E-state index contributed by atoms with van der Waals surface area (Å²) in [6, 6.07) is 7.45. The number of amides is 1. The molecular formula is C13H13N3O. The van der Waals surface area contributed by atoms with E-state index in [4.69, 9.17) is 5.26 Å². The molecule has 4 heteroatoms. The van der Waals surface area contributed by atoms with Crippen LogP contribution in [0.1, 0.15) is 5.56 Å². The van der Waals surface area contributed by atoms with Crippen molar-refractivity contribution < 1.29 is 4.79 Å². The number of carbonyl (C=O) groups excluding carboxylic acids is 1. The third kappa shape index (κ3) is 1.87. The fourth-order valence-corrected chi connectivity index (χ4v) is 1.94. The molecule has 0 atom stereocenters. The van der Waals surface area contributed by atoms with E-state index in [2.05, 4.69) is 12.6 Å². The lowest BCUT2D eigenvalue weighted by molar-refractivity contribution is -0.117. The van der Waals surface area contributed by atoms with Crippen molar-refractivity contribution in [1.29, 1.82) is 5.26 Å². The van der Waals surface area contributed by atoms with E-state index >= 15 is 0 Å². The van der Waals surface area contributed by atoms with Crippen LogP contribution in [0.4, 0.5) is 11.4 Å². The van der Waals surface area contributed by atoms with Crippen LogP contribution in [-0.2, 0) is 4.79 Å². The van der Waals surface area contributed by atoms with Crippen LogP contribution in [0.25, 0.3) is 0 Å². The highest BCUT2D eigenvalue weighted by Crippen LogP contribution is 2.33. The summed E-state index contributed by atoms with van der Waals surface area (Å²) in [7, 11) is 1.75. The molecular weight excluding hydrogens is 214 g/mol. The van der Waals surface area contributed by atoms with E-state index in [-0.39, 0.29) is 5.91 Å². The Hall–Kier alpha value is -2.28. The maximum atomic E-state index is 11.8. The monoisotopic (exact) mass is 227 g/mol. The second-order valence-electron chi connectivity index (χ2n) is 3.94. The average Bonchev–Trinajstić information content (AvgIpc) is 2.35. The van der Waals surface area contributed by atoms with Gasteiger partial charge in [0.15, 0.2) is 0 Å². The van der Waals surface area contributed by atoms with Gasteiger partial charge in [0.1, 0.15) is 0 Å². The topological polar surface area (TPSA) is 47.3 Å². The van der Waals surface area contributed by atoms with Gasteiger partial charge in [-0.3, -0.25) is 4.79 Å². The molecule has 0 saturated heterocycles. The molecule has 17 heavy (non-hydrogen) atoms. The Labute approximate surface area is 100 Å². The molecule has 0 spiro atoms. The summed E-state index contributed by atoms with van der Waals surface area (Å²) in [6.45, 7) is 4.61. The summed E-state index contributed by atoms with van der Waals surface area (Å²) in [5.41, 5.74) is 2.34. The number of hydrogen-bond donors (Lipinski definition) is 0. The van der Waals surface area contributed by atoms with E-state index < -0.39 is 0 Å². The molecule has 86 valence electrons. The molecule has 0 aromatic heterocycles. The van der Waals surface area contributed by atoms with Crippen molar-refractivity contribution in [3.05, 3.63) is 36.4 Å². The number of hydrogen-bond acceptors (Lipinski definition) is 3. The molecule has 0 saturated carbocycles. The van der Waals surface area contributed by atoms with Gasteiger partial charge in [-0.25, -0.2) is 0 Å². The highest BCUT2D eigenvalue weighted by atomic mass is 16.2. The third-order valence-corrected chi connectivity index (χ3v) is 2.86. The quantitative estimate of drug-likeness (QED) is 0.720. The predicted octanol–water partition coefficient (Wildman–Crippen LogP) is 1.53. The van der Waals surface area contributed by atoms with Gasteiger partial charge >= 0.3 is 0 Å². The Kier molecular flexibility index (Phi) is 2.84. The lowest BCUT2D eigenvalue weighted by Crippen LogP contribution is -2.43. The maximum absolute atomic E-state index is 11.8. The third-order valence-electron chi connectivity index (χ3n) is 2.86. The van der Waals surface area contributed by atoms with Gasteiger partial charge in [0.25, 0.3) is 0 Å². The lowest BCUT2D eigenvalue weighted by Gasteiger charge is -2.34. The Balaban J connectivity index is 2.52. The van der Waals surface area contributed by atoms with Crippen molar-refractivity contribution in [2.45, 2.75) is 0 Å². The first-order valence-electron chi connectivity index (χ1n) is 5.34. The zero-order valence-electron chi connectivity index (χ0n) is 9.68. The second kappa shape index (κ2) is 4.30. The van der Waals surface area contributed by atoms with Crippen LogP contribution in [0, 0.1) is 11.3 Å². The predicted molar refractivity (Wildman–Crippen MR) is 67.0 cm³/mol. The van der Waals surface area contributed by atoms with E-state index in [0.29, 0.717) is 18.7 Å². The molecule has 0 fully saturated rings. The van der Waals surface area contributed by atoms with E-state index in [1.54, 1.807) is 30.2 Å². The highest BCUT2D eigenvalue weighted by molar-refractivity contribution is 6.03. The standard InChI is InChI=1S/C13H13N3O/c1-3-6-16-9-13(17)15(2)11-5-4-10(8-14)7-12(11)16/h3-5,7H,1,6,9H2,2H3. The molecule has 1 aromatic carbocycles. The normalized spacial score (nSPS) is 14.2. The number of benzene rings is 1. The lowest BCUT2D eigenvalue weighted by atomic mass is 10.1. The number of rotatable bonds is 2. The van der Waals surface area contributed by atoms with Crippen molar-refractivity contribution in [3.63, 3.8) is 0 Å². The van der Waals surface area contributed by atoms with Gasteiger partial charge in [-0.05, 0) is 18.2 Å². The van der Waals surface area contributed by atoms with Gasteiger partial charge in [0, 0.05) is 13.6 Å². The van der Waals surface area contributed by atoms with Crippen molar-refractivity contribution >= 4 is 17.3 Å². The van der Waals surface area contributed by atoms with Gasteiger partial charge in [-0.15, -0.1) is 6.58 Å². The molecule has 1 aliphatic rings. The van der Waals surface area contributed by atoms with Gasteiger partial charge in [-0.2, -0.15) is 5.26 Å². The first-order valence-corrected chi connectivity index (χ1v) is 5.34. The number of nitrogens with zero attached hydrogens (tertiary/aromatic N) is 3. The Morgan fingerprint density at radius 1 is 1.53 bits per heavy atom. The second-order valence-corrected chi connectivity index (χ2v) is 3.94. The minimum absolute atomic E-state index is 0.0454. The number of likely N-dealkylation sites (N-methyl/N-ethyl adjacent to an activating group) is 1. The van der Waals surface area contributed by atoms with Crippen LogP contribution in [-0.4, -0.2) is 26.0 Å². The summed E-state index contributed by atoms with van der Waals surface area (Å²) in [5.74, 6) is 0.0454. The van der Waals surface area contributed by atoms with Crippen molar-refractivity contribution in [2.75, 3.05) is 29.9 Å². The van der Waals surface area contributed by atoms with Crippen molar-refractivity contribution in [2.24, 2.45) is 0 Å². The minimum Gasteiger partial charge on any atom is -0.357 e. The van der Waals surface area contributed by atoms with Crippen LogP contribution in [0.2, 0.25) is 0 Å². The molecule has 0 unspecified atom stereocenters. The molecule has 0 bridgehead atoms. The van der Waals surface area contributed by atoms with Crippen LogP contribution >= 0.6 is 0 Å². The SMILES string of the molecule is C=CCN1CC(=O)N(C)c2ccc(C#N)cc21. The van der Waals surface area contributed by atoms with Crippen molar-refractivity contribution in [3.8, 4) is 6.07 Å². The van der Waals surface area contributed by atoms with Crippen LogP contribution < -0.4 is 9.80 Å².